The molecule has 2 aromatic heterocycles. The monoisotopic (exact) mass is 225 g/mol. The topological polar surface area (TPSA) is 30.7 Å². The molecule has 0 N–H and O–H groups in total. The molecule has 2 heterocycles. The van der Waals surface area contributed by atoms with Crippen LogP contribution in [-0.4, -0.2) is 14.8 Å². The molecule has 3 nitrogen and oxygen atoms in total. The first-order valence-electron chi connectivity index (χ1n) is 4.42. The van der Waals surface area contributed by atoms with Gasteiger partial charge in [0.15, 0.2) is 11.6 Å². The van der Waals surface area contributed by atoms with E-state index in [1.165, 1.54) is 16.9 Å². The van der Waals surface area contributed by atoms with Gasteiger partial charge in [0, 0.05) is 11.9 Å². The fraction of sp³-hybridized carbons (Fsp3) is 0.200. The van der Waals surface area contributed by atoms with Crippen molar-refractivity contribution in [1.82, 2.24) is 14.8 Å². The van der Waals surface area contributed by atoms with E-state index in [0.717, 1.165) is 11.4 Å². The van der Waals surface area contributed by atoms with Gasteiger partial charge in [-0.25, -0.2) is 14.1 Å². The molecule has 15 heavy (non-hydrogen) atoms. The summed E-state index contributed by atoms with van der Waals surface area (Å²) in [6.07, 6.45) is 1.40. The number of pyridine rings is 1. The summed E-state index contributed by atoms with van der Waals surface area (Å²) >= 11 is 5.62. The van der Waals surface area contributed by atoms with Crippen LogP contribution in [0, 0.1) is 19.7 Å². The van der Waals surface area contributed by atoms with Gasteiger partial charge in [-0.1, -0.05) is 11.6 Å². The minimum Gasteiger partial charge on any atom is -0.233 e. The summed E-state index contributed by atoms with van der Waals surface area (Å²) in [5.74, 6) is -0.307. The molecule has 78 valence electrons. The van der Waals surface area contributed by atoms with E-state index in [-0.39, 0.29) is 10.8 Å². The molecule has 0 aliphatic heterocycles. The lowest BCUT2D eigenvalue weighted by Crippen LogP contribution is -2.04. The Balaban J connectivity index is 2.59. The summed E-state index contributed by atoms with van der Waals surface area (Å²) < 4.78 is 15.0. The third-order valence-corrected chi connectivity index (χ3v) is 2.21. The molecule has 5 heteroatoms. The van der Waals surface area contributed by atoms with Crippen LogP contribution in [0.25, 0.3) is 5.82 Å². The zero-order valence-corrected chi connectivity index (χ0v) is 9.09. The Kier molecular flexibility index (Phi) is 2.44. The van der Waals surface area contributed by atoms with Gasteiger partial charge in [0.25, 0.3) is 0 Å². The van der Waals surface area contributed by atoms with Crippen molar-refractivity contribution < 1.29 is 4.39 Å². The van der Waals surface area contributed by atoms with Crippen molar-refractivity contribution in [2.24, 2.45) is 0 Å². The summed E-state index contributed by atoms with van der Waals surface area (Å²) in [5.41, 5.74) is 1.66. The maximum Gasteiger partial charge on any atom is 0.190 e. The molecule has 0 saturated heterocycles. The Bertz CT molecular complexity index is 507. The summed E-state index contributed by atoms with van der Waals surface area (Å²) in [7, 11) is 0. The van der Waals surface area contributed by atoms with Crippen molar-refractivity contribution in [3.8, 4) is 5.82 Å². The van der Waals surface area contributed by atoms with Crippen LogP contribution in [0.15, 0.2) is 18.3 Å². The van der Waals surface area contributed by atoms with Crippen LogP contribution in [0.5, 0.6) is 0 Å². The number of hydrogen-bond acceptors (Lipinski definition) is 2. The van der Waals surface area contributed by atoms with E-state index in [2.05, 4.69) is 10.1 Å². The van der Waals surface area contributed by atoms with Crippen molar-refractivity contribution in [1.29, 1.82) is 0 Å². The average Bonchev–Trinajstić information content (AvgIpc) is 2.45. The number of aryl methyl sites for hydroxylation is 2. The average molecular weight is 226 g/mol. The van der Waals surface area contributed by atoms with E-state index in [9.17, 15) is 4.39 Å². The molecule has 0 spiro atoms. The lowest BCUT2D eigenvalue weighted by Gasteiger charge is -2.04. The van der Waals surface area contributed by atoms with Crippen molar-refractivity contribution in [2.75, 3.05) is 0 Å². The molecule has 0 bridgehead atoms. The van der Waals surface area contributed by atoms with Gasteiger partial charge in [-0.2, -0.15) is 5.10 Å². The minimum atomic E-state index is -0.478. The quantitative estimate of drug-likeness (QED) is 0.747. The van der Waals surface area contributed by atoms with Gasteiger partial charge in [-0.15, -0.1) is 0 Å². The van der Waals surface area contributed by atoms with Gasteiger partial charge < -0.3 is 0 Å². The van der Waals surface area contributed by atoms with E-state index in [0.29, 0.717) is 0 Å². The van der Waals surface area contributed by atoms with E-state index in [4.69, 9.17) is 11.6 Å². The zero-order valence-electron chi connectivity index (χ0n) is 8.33. The summed E-state index contributed by atoms with van der Waals surface area (Å²) in [4.78, 5) is 3.92. The number of nitrogens with zero attached hydrogens (tertiary/aromatic N) is 3. The predicted octanol–water partition coefficient (Wildman–Crippen LogP) is 2.68. The SMILES string of the molecule is Cc1cc(C)n(-c2ncc(Cl)cc2F)n1. The molecule has 2 aromatic rings. The van der Waals surface area contributed by atoms with Gasteiger partial charge in [0.1, 0.15) is 0 Å². The summed E-state index contributed by atoms with van der Waals surface area (Å²) in [6, 6.07) is 3.08. The normalized spacial score (nSPS) is 10.7. The highest BCUT2D eigenvalue weighted by atomic mass is 35.5. The Labute approximate surface area is 91.5 Å². The number of aromatic nitrogens is 3. The molecule has 0 aliphatic carbocycles. The van der Waals surface area contributed by atoms with Crippen molar-refractivity contribution in [3.05, 3.63) is 40.6 Å². The van der Waals surface area contributed by atoms with Crippen LogP contribution in [0.3, 0.4) is 0 Å². The highest BCUT2D eigenvalue weighted by molar-refractivity contribution is 6.30. The minimum absolute atomic E-state index is 0.171. The molecule has 0 fully saturated rings. The van der Waals surface area contributed by atoms with E-state index < -0.39 is 5.82 Å². The van der Waals surface area contributed by atoms with Crippen LogP contribution in [-0.2, 0) is 0 Å². The van der Waals surface area contributed by atoms with Crippen LogP contribution in [0.4, 0.5) is 4.39 Å². The first-order chi connectivity index (χ1) is 7.08. The first-order valence-corrected chi connectivity index (χ1v) is 4.80. The lowest BCUT2D eigenvalue weighted by molar-refractivity contribution is 0.597. The largest absolute Gasteiger partial charge is 0.233 e. The number of rotatable bonds is 1. The van der Waals surface area contributed by atoms with Crippen LogP contribution >= 0.6 is 11.6 Å². The van der Waals surface area contributed by atoms with E-state index in [1.807, 2.05) is 19.9 Å². The standard InChI is InChI=1S/C10H9ClFN3/c1-6-3-7(2)15(14-6)10-9(12)4-8(11)5-13-10/h3-5H,1-2H3. The van der Waals surface area contributed by atoms with Crippen LogP contribution in [0.2, 0.25) is 5.02 Å². The second-order valence-corrected chi connectivity index (χ2v) is 3.73. The third-order valence-electron chi connectivity index (χ3n) is 2.00. The highest BCUT2D eigenvalue weighted by Gasteiger charge is 2.10. The van der Waals surface area contributed by atoms with Gasteiger partial charge in [0.05, 0.1) is 10.7 Å². The maximum atomic E-state index is 13.5. The smallest absolute Gasteiger partial charge is 0.190 e. The lowest BCUT2D eigenvalue weighted by atomic mass is 10.4. The van der Waals surface area contributed by atoms with E-state index >= 15 is 0 Å². The Morgan fingerprint density at radius 1 is 1.33 bits per heavy atom. The second kappa shape index (κ2) is 3.62. The molecular weight excluding hydrogens is 217 g/mol. The molecular formula is C10H9ClFN3. The van der Waals surface area contributed by atoms with Crippen molar-refractivity contribution in [3.63, 3.8) is 0 Å². The zero-order chi connectivity index (χ0) is 11.0. The molecule has 0 saturated carbocycles. The first kappa shape index (κ1) is 10.1. The summed E-state index contributed by atoms with van der Waals surface area (Å²) in [6.45, 7) is 3.69. The second-order valence-electron chi connectivity index (χ2n) is 3.30. The highest BCUT2D eigenvalue weighted by Crippen LogP contribution is 2.16. The predicted molar refractivity (Wildman–Crippen MR) is 55.8 cm³/mol. The molecule has 0 radical (unpaired) electrons. The fourth-order valence-electron chi connectivity index (χ4n) is 1.41. The van der Waals surface area contributed by atoms with Gasteiger partial charge in [-0.05, 0) is 26.0 Å². The molecule has 0 unspecified atom stereocenters. The van der Waals surface area contributed by atoms with Gasteiger partial charge in [0.2, 0.25) is 0 Å². The van der Waals surface area contributed by atoms with Crippen LogP contribution < -0.4 is 0 Å². The number of halogens is 2. The van der Waals surface area contributed by atoms with E-state index in [1.54, 1.807) is 0 Å². The molecule has 0 amide bonds. The van der Waals surface area contributed by atoms with Crippen LogP contribution in [0.1, 0.15) is 11.4 Å². The maximum absolute atomic E-state index is 13.5. The Morgan fingerprint density at radius 3 is 2.60 bits per heavy atom. The molecule has 0 aliphatic rings. The Morgan fingerprint density at radius 2 is 2.07 bits per heavy atom. The van der Waals surface area contributed by atoms with Crippen molar-refractivity contribution >= 4 is 11.6 Å². The van der Waals surface area contributed by atoms with Crippen molar-refractivity contribution in [2.45, 2.75) is 13.8 Å². The molecule has 2 rings (SSSR count). The molecule has 0 aromatic carbocycles. The summed E-state index contributed by atoms with van der Waals surface area (Å²) in [5, 5.41) is 4.42. The van der Waals surface area contributed by atoms with Gasteiger partial charge >= 0.3 is 0 Å². The fourth-order valence-corrected chi connectivity index (χ4v) is 1.55. The third kappa shape index (κ3) is 1.85. The number of hydrogen-bond donors (Lipinski definition) is 0. The van der Waals surface area contributed by atoms with Gasteiger partial charge in [-0.3, -0.25) is 0 Å². The molecule has 0 atom stereocenters. The Hall–Kier alpha value is -1.42.